The van der Waals surface area contributed by atoms with Gasteiger partial charge in [-0.25, -0.2) is 0 Å². The molecule has 0 spiro atoms. The van der Waals surface area contributed by atoms with Gasteiger partial charge in [-0.15, -0.1) is 0 Å². The van der Waals surface area contributed by atoms with E-state index in [1.54, 1.807) is 24.3 Å². The zero-order chi connectivity index (χ0) is 30.9. The summed E-state index contributed by atoms with van der Waals surface area (Å²) in [6.07, 6.45) is 0. The van der Waals surface area contributed by atoms with E-state index in [0.717, 1.165) is 44.5 Å². The Hall–Kier alpha value is -4.72. The molecule has 0 radical (unpaired) electrons. The molecule has 0 unspecified atom stereocenters. The molecule has 0 heterocycles. The Labute approximate surface area is 246 Å². The van der Waals surface area contributed by atoms with E-state index in [-0.39, 0.29) is 23.0 Å². The molecular weight excluding hydrogens is 536 g/mol. The lowest BCUT2D eigenvalue weighted by atomic mass is 9.69. The van der Waals surface area contributed by atoms with Crippen molar-refractivity contribution in [1.82, 2.24) is 0 Å². The van der Waals surface area contributed by atoms with Gasteiger partial charge in [-0.1, -0.05) is 24.3 Å². The van der Waals surface area contributed by atoms with Crippen molar-refractivity contribution in [3.8, 4) is 46.0 Å². The zero-order valence-electron chi connectivity index (χ0n) is 25.2. The summed E-state index contributed by atoms with van der Waals surface area (Å²) in [6.45, 7) is 7.55. The second kappa shape index (κ2) is 12.0. The molecule has 0 amide bonds. The van der Waals surface area contributed by atoms with E-state index in [1.165, 1.54) is 28.4 Å². The van der Waals surface area contributed by atoms with Gasteiger partial charge in [-0.05, 0) is 96.5 Å². The van der Waals surface area contributed by atoms with Gasteiger partial charge in [0.05, 0.1) is 28.4 Å². The maximum Gasteiger partial charge on any atom is 0.163 e. The molecule has 0 saturated carbocycles. The first-order valence-corrected chi connectivity index (χ1v) is 13.5. The summed E-state index contributed by atoms with van der Waals surface area (Å²) in [7, 11) is 6.04. The number of hydrogen-bond donors (Lipinski definition) is 4. The molecule has 4 N–H and O–H groups in total. The van der Waals surface area contributed by atoms with Gasteiger partial charge in [0.1, 0.15) is 0 Å². The predicted molar refractivity (Wildman–Crippen MR) is 161 cm³/mol. The summed E-state index contributed by atoms with van der Waals surface area (Å²) in [4.78, 5) is 0. The minimum absolute atomic E-state index is 0.0130. The lowest BCUT2D eigenvalue weighted by molar-refractivity contribution is 0.366. The third-order valence-electron chi connectivity index (χ3n) is 8.20. The van der Waals surface area contributed by atoms with Crippen molar-refractivity contribution >= 4 is 0 Å². The van der Waals surface area contributed by atoms with Crippen LogP contribution in [0.25, 0.3) is 0 Å². The van der Waals surface area contributed by atoms with Crippen molar-refractivity contribution in [3.63, 3.8) is 0 Å². The van der Waals surface area contributed by atoms with Crippen molar-refractivity contribution in [2.24, 2.45) is 0 Å². The first kappa shape index (κ1) is 30.2. The molecule has 0 atom stereocenters. The Balaban J connectivity index is 2.23. The number of phenolic OH excluding ortho intramolecular Hbond substituents is 4. The van der Waals surface area contributed by atoms with Crippen LogP contribution in [0.1, 0.15) is 56.3 Å². The number of benzene rings is 4. The highest BCUT2D eigenvalue weighted by molar-refractivity contribution is 5.63. The van der Waals surface area contributed by atoms with Gasteiger partial charge < -0.3 is 39.4 Å². The number of hydrogen-bond acceptors (Lipinski definition) is 8. The summed E-state index contributed by atoms with van der Waals surface area (Å²) in [5.41, 5.74) is 6.31. The van der Waals surface area contributed by atoms with Crippen molar-refractivity contribution in [2.45, 2.75) is 39.5 Å². The molecular formula is C34H38O8. The molecule has 0 aliphatic rings. The van der Waals surface area contributed by atoms with Crippen LogP contribution in [0.4, 0.5) is 0 Å². The molecule has 4 aromatic carbocycles. The molecule has 0 aliphatic heterocycles. The highest BCUT2D eigenvalue weighted by atomic mass is 16.5. The molecule has 222 valence electrons. The normalized spacial score (nSPS) is 11.2. The van der Waals surface area contributed by atoms with Crippen molar-refractivity contribution in [2.75, 3.05) is 28.4 Å². The zero-order valence-corrected chi connectivity index (χ0v) is 25.2. The summed E-state index contributed by atoms with van der Waals surface area (Å²) in [5.74, 6) is 0.541. The van der Waals surface area contributed by atoms with Crippen LogP contribution in [0.15, 0.2) is 48.5 Å². The second-order valence-corrected chi connectivity index (χ2v) is 10.3. The van der Waals surface area contributed by atoms with E-state index in [1.807, 2.05) is 52.0 Å². The molecule has 4 aromatic rings. The van der Waals surface area contributed by atoms with Crippen LogP contribution in [0, 0.1) is 27.7 Å². The summed E-state index contributed by atoms with van der Waals surface area (Å²) in [6, 6.07) is 13.9. The summed E-state index contributed by atoms with van der Waals surface area (Å²) >= 11 is 0. The van der Waals surface area contributed by atoms with Gasteiger partial charge in [0.25, 0.3) is 0 Å². The van der Waals surface area contributed by atoms with Gasteiger partial charge in [-0.3, -0.25) is 0 Å². The number of methoxy groups -OCH3 is 4. The fourth-order valence-corrected chi connectivity index (χ4v) is 6.20. The molecule has 4 rings (SSSR count). The van der Waals surface area contributed by atoms with Crippen molar-refractivity contribution in [3.05, 3.63) is 93.0 Å². The quantitative estimate of drug-likeness (QED) is 0.174. The molecule has 0 fully saturated rings. The largest absolute Gasteiger partial charge is 0.504 e. The Kier molecular flexibility index (Phi) is 8.66. The number of rotatable bonds is 9. The van der Waals surface area contributed by atoms with Gasteiger partial charge in [-0.2, -0.15) is 0 Å². The average Bonchev–Trinajstić information content (AvgIpc) is 2.95. The van der Waals surface area contributed by atoms with Crippen LogP contribution in [-0.2, 0) is 0 Å². The number of ether oxygens (including phenoxy) is 4. The molecule has 0 aliphatic carbocycles. The standard InChI is InChI=1S/C34H38O8/c1-17-21(9-13-25(35)31(17)39-5)29(22-10-14-26(36)32(40-6)18(22)2)30(23-11-15-27(37)33(41-7)19(23)3)24-12-16-28(38)34(42-8)20(24)4/h9-16,29-30,35-38H,1-8H3. The fourth-order valence-electron chi connectivity index (χ4n) is 6.20. The van der Waals surface area contributed by atoms with Crippen LogP contribution >= 0.6 is 0 Å². The SMILES string of the molecule is COc1c(O)ccc(C(c2ccc(O)c(OC)c2C)C(c2ccc(O)c(OC)c2C)c2ccc(O)c(OC)c2C)c1C. The third-order valence-corrected chi connectivity index (χ3v) is 8.20. The molecule has 8 heteroatoms. The minimum atomic E-state index is -0.449. The lowest BCUT2D eigenvalue weighted by Gasteiger charge is -2.34. The fraction of sp³-hybridized carbons (Fsp3) is 0.294. The first-order chi connectivity index (χ1) is 20.0. The van der Waals surface area contributed by atoms with Crippen LogP contribution in [0.5, 0.6) is 46.0 Å². The predicted octanol–water partition coefficient (Wildman–Crippen LogP) is 6.74. The number of phenols is 4. The van der Waals surface area contributed by atoms with Crippen molar-refractivity contribution in [1.29, 1.82) is 0 Å². The van der Waals surface area contributed by atoms with Gasteiger partial charge in [0.15, 0.2) is 46.0 Å². The first-order valence-electron chi connectivity index (χ1n) is 13.5. The van der Waals surface area contributed by atoms with Gasteiger partial charge in [0.2, 0.25) is 0 Å². The van der Waals surface area contributed by atoms with Gasteiger partial charge in [0, 0.05) is 11.8 Å². The Morgan fingerprint density at radius 1 is 0.381 bits per heavy atom. The monoisotopic (exact) mass is 574 g/mol. The van der Waals surface area contributed by atoms with Crippen LogP contribution < -0.4 is 18.9 Å². The Morgan fingerprint density at radius 2 is 0.571 bits per heavy atom. The molecule has 0 aromatic heterocycles. The summed E-state index contributed by atoms with van der Waals surface area (Å²) < 4.78 is 22.5. The van der Waals surface area contributed by atoms with E-state index in [2.05, 4.69) is 0 Å². The summed E-state index contributed by atoms with van der Waals surface area (Å²) in [5, 5.41) is 42.5. The van der Waals surface area contributed by atoms with E-state index in [0.29, 0.717) is 23.0 Å². The molecule has 42 heavy (non-hydrogen) atoms. The second-order valence-electron chi connectivity index (χ2n) is 10.3. The highest BCUT2D eigenvalue weighted by Crippen LogP contribution is 2.53. The van der Waals surface area contributed by atoms with E-state index in [4.69, 9.17) is 18.9 Å². The molecule has 0 bridgehead atoms. The van der Waals surface area contributed by atoms with E-state index >= 15 is 0 Å². The van der Waals surface area contributed by atoms with Crippen LogP contribution in [-0.4, -0.2) is 48.9 Å². The molecule has 0 saturated heterocycles. The van der Waals surface area contributed by atoms with Gasteiger partial charge >= 0.3 is 0 Å². The average molecular weight is 575 g/mol. The maximum atomic E-state index is 10.6. The highest BCUT2D eigenvalue weighted by Gasteiger charge is 2.36. The topological polar surface area (TPSA) is 118 Å². The Bertz CT molecular complexity index is 1390. The van der Waals surface area contributed by atoms with E-state index in [9.17, 15) is 20.4 Å². The van der Waals surface area contributed by atoms with Crippen molar-refractivity contribution < 1.29 is 39.4 Å². The minimum Gasteiger partial charge on any atom is -0.504 e. The smallest absolute Gasteiger partial charge is 0.163 e. The maximum absolute atomic E-state index is 10.6. The van der Waals surface area contributed by atoms with E-state index < -0.39 is 11.8 Å². The molecule has 8 nitrogen and oxygen atoms in total. The number of aromatic hydroxyl groups is 4. The third kappa shape index (κ3) is 4.98. The van der Waals surface area contributed by atoms with Crippen LogP contribution in [0.2, 0.25) is 0 Å². The Morgan fingerprint density at radius 3 is 0.738 bits per heavy atom. The van der Waals surface area contributed by atoms with Crippen LogP contribution in [0.3, 0.4) is 0 Å². The lowest BCUT2D eigenvalue weighted by Crippen LogP contribution is -2.19.